The van der Waals surface area contributed by atoms with Gasteiger partial charge in [0, 0.05) is 17.6 Å². The van der Waals surface area contributed by atoms with Gasteiger partial charge in [0.25, 0.3) is 0 Å². The molecule has 0 amide bonds. The highest BCUT2D eigenvalue weighted by molar-refractivity contribution is 6.07. The number of fused-ring (bicyclic) bond motifs is 1. The van der Waals surface area contributed by atoms with Gasteiger partial charge in [0.2, 0.25) is 0 Å². The molecule has 3 aromatic rings. The van der Waals surface area contributed by atoms with Crippen LogP contribution in [0.25, 0.3) is 10.9 Å². The summed E-state index contributed by atoms with van der Waals surface area (Å²) in [5.74, 6) is -0.943. The van der Waals surface area contributed by atoms with Crippen LogP contribution in [0.1, 0.15) is 29.9 Å². The lowest BCUT2D eigenvalue weighted by molar-refractivity contribution is -0.137. The van der Waals surface area contributed by atoms with E-state index in [9.17, 15) is 23.1 Å². The summed E-state index contributed by atoms with van der Waals surface area (Å²) in [6, 6.07) is 11.9. The Kier molecular flexibility index (Phi) is 4.87. The summed E-state index contributed by atoms with van der Waals surface area (Å²) in [7, 11) is 0. The number of aromatic nitrogens is 1. The number of hydrogen-bond donors (Lipinski definition) is 2. The van der Waals surface area contributed by atoms with E-state index in [1.807, 2.05) is 19.9 Å². The molecule has 0 unspecified atom stereocenters. The van der Waals surface area contributed by atoms with Gasteiger partial charge in [0.15, 0.2) is 5.69 Å². The molecule has 7 heteroatoms. The minimum Gasteiger partial charge on any atom is -0.477 e. The Morgan fingerprint density at radius 2 is 1.85 bits per heavy atom. The summed E-state index contributed by atoms with van der Waals surface area (Å²) in [6.07, 6.45) is -4.47. The summed E-state index contributed by atoms with van der Waals surface area (Å²) >= 11 is 0. The zero-order valence-electron chi connectivity index (χ0n) is 14.8. The van der Waals surface area contributed by atoms with E-state index in [0.29, 0.717) is 11.9 Å². The number of nitrogens with zero attached hydrogens (tertiary/aromatic N) is 1. The Morgan fingerprint density at radius 3 is 2.48 bits per heavy atom. The third-order valence-electron chi connectivity index (χ3n) is 4.18. The van der Waals surface area contributed by atoms with E-state index >= 15 is 0 Å². The van der Waals surface area contributed by atoms with Crippen molar-refractivity contribution in [2.45, 2.75) is 26.6 Å². The summed E-state index contributed by atoms with van der Waals surface area (Å²) in [5.41, 5.74) is 0.425. The van der Waals surface area contributed by atoms with E-state index in [1.54, 1.807) is 22.8 Å². The first-order valence-corrected chi connectivity index (χ1v) is 8.47. The molecule has 0 aliphatic heterocycles. The summed E-state index contributed by atoms with van der Waals surface area (Å²) < 4.78 is 40.7. The average Bonchev–Trinajstić information content (AvgIpc) is 2.88. The van der Waals surface area contributed by atoms with Crippen LogP contribution >= 0.6 is 0 Å². The first-order chi connectivity index (χ1) is 12.7. The van der Waals surface area contributed by atoms with Crippen LogP contribution in [0, 0.1) is 5.92 Å². The van der Waals surface area contributed by atoms with Gasteiger partial charge >= 0.3 is 12.1 Å². The number of carboxylic acid groups (broad SMARTS) is 1. The molecule has 0 saturated carbocycles. The first-order valence-electron chi connectivity index (χ1n) is 8.47. The predicted octanol–water partition coefficient (Wildman–Crippen LogP) is 5.76. The van der Waals surface area contributed by atoms with Crippen molar-refractivity contribution in [1.29, 1.82) is 0 Å². The summed E-state index contributed by atoms with van der Waals surface area (Å²) in [4.78, 5) is 12.0. The van der Waals surface area contributed by atoms with Crippen molar-refractivity contribution < 1.29 is 23.1 Å². The highest BCUT2D eigenvalue weighted by atomic mass is 19.4. The molecule has 27 heavy (non-hydrogen) atoms. The van der Waals surface area contributed by atoms with Crippen molar-refractivity contribution in [2.75, 3.05) is 5.32 Å². The third kappa shape index (κ3) is 3.77. The van der Waals surface area contributed by atoms with Gasteiger partial charge in [-0.15, -0.1) is 0 Å². The number of anilines is 2. The van der Waals surface area contributed by atoms with E-state index < -0.39 is 17.7 Å². The molecule has 0 saturated heterocycles. The van der Waals surface area contributed by atoms with Gasteiger partial charge in [-0.1, -0.05) is 38.1 Å². The molecule has 0 bridgehead atoms. The first kappa shape index (κ1) is 18.8. The van der Waals surface area contributed by atoms with E-state index in [0.717, 1.165) is 17.6 Å². The molecule has 0 aliphatic rings. The molecule has 0 aliphatic carbocycles. The average molecular weight is 376 g/mol. The van der Waals surface area contributed by atoms with Crippen molar-refractivity contribution in [1.82, 2.24) is 4.57 Å². The fourth-order valence-electron chi connectivity index (χ4n) is 3.12. The van der Waals surface area contributed by atoms with Crippen LogP contribution in [-0.2, 0) is 12.7 Å². The van der Waals surface area contributed by atoms with Crippen molar-refractivity contribution >= 4 is 28.2 Å². The number of hydrogen-bond acceptors (Lipinski definition) is 2. The van der Waals surface area contributed by atoms with Crippen molar-refractivity contribution in [3.8, 4) is 0 Å². The van der Waals surface area contributed by atoms with Crippen molar-refractivity contribution in [3.63, 3.8) is 0 Å². The number of alkyl halides is 3. The SMILES string of the molecule is CC(C)Cn1c(C(=O)O)c(Nc2cccc(C(F)(F)F)c2)c2ccccc21. The second-order valence-electron chi connectivity index (χ2n) is 6.75. The van der Waals surface area contributed by atoms with Crippen LogP contribution in [0.15, 0.2) is 48.5 Å². The Hall–Kier alpha value is -2.96. The molecule has 2 aromatic carbocycles. The van der Waals surface area contributed by atoms with Gasteiger partial charge in [-0.25, -0.2) is 4.79 Å². The van der Waals surface area contributed by atoms with Crippen LogP contribution in [0.4, 0.5) is 24.5 Å². The van der Waals surface area contributed by atoms with E-state index in [2.05, 4.69) is 5.32 Å². The quantitative estimate of drug-likeness (QED) is 0.595. The van der Waals surface area contributed by atoms with Crippen LogP contribution in [-0.4, -0.2) is 15.6 Å². The number of carbonyl (C=O) groups is 1. The molecule has 0 spiro atoms. The molecule has 4 nitrogen and oxygen atoms in total. The van der Waals surface area contributed by atoms with Gasteiger partial charge < -0.3 is 15.0 Å². The molecule has 1 heterocycles. The fraction of sp³-hybridized carbons (Fsp3) is 0.250. The van der Waals surface area contributed by atoms with Gasteiger partial charge in [-0.2, -0.15) is 13.2 Å². The Morgan fingerprint density at radius 1 is 1.15 bits per heavy atom. The lowest BCUT2D eigenvalue weighted by Crippen LogP contribution is -2.13. The van der Waals surface area contributed by atoms with Gasteiger partial charge in [0.05, 0.1) is 16.8 Å². The lowest BCUT2D eigenvalue weighted by atomic mass is 10.1. The monoisotopic (exact) mass is 376 g/mol. The normalized spacial score (nSPS) is 11.9. The van der Waals surface area contributed by atoms with E-state index in [-0.39, 0.29) is 23.0 Å². The molecule has 142 valence electrons. The molecule has 0 atom stereocenters. The number of halogens is 3. The molecule has 1 aromatic heterocycles. The lowest BCUT2D eigenvalue weighted by Gasteiger charge is -2.13. The highest BCUT2D eigenvalue weighted by Gasteiger charge is 2.30. The molecular formula is C20H19F3N2O2. The number of nitrogens with one attached hydrogen (secondary N) is 1. The van der Waals surface area contributed by atoms with Crippen molar-refractivity contribution in [3.05, 3.63) is 59.8 Å². The van der Waals surface area contributed by atoms with E-state index in [4.69, 9.17) is 0 Å². The second kappa shape index (κ2) is 6.98. The summed E-state index contributed by atoms with van der Waals surface area (Å²) in [5, 5.41) is 13.3. The number of benzene rings is 2. The molecular weight excluding hydrogens is 357 g/mol. The zero-order chi connectivity index (χ0) is 19.8. The van der Waals surface area contributed by atoms with Gasteiger partial charge in [-0.05, 0) is 30.2 Å². The predicted molar refractivity (Wildman–Crippen MR) is 98.5 cm³/mol. The number of rotatable bonds is 5. The third-order valence-corrected chi connectivity index (χ3v) is 4.18. The summed E-state index contributed by atoms with van der Waals surface area (Å²) in [6.45, 7) is 4.42. The number of para-hydroxylation sites is 1. The minimum atomic E-state index is -4.47. The van der Waals surface area contributed by atoms with Gasteiger partial charge in [0.1, 0.15) is 0 Å². The van der Waals surface area contributed by atoms with Crippen molar-refractivity contribution in [2.24, 2.45) is 5.92 Å². The number of carboxylic acids is 1. The van der Waals surface area contributed by atoms with Crippen LogP contribution in [0.5, 0.6) is 0 Å². The maximum atomic E-state index is 13.0. The Labute approximate surface area is 154 Å². The fourth-order valence-corrected chi connectivity index (χ4v) is 3.12. The molecule has 0 fully saturated rings. The zero-order valence-corrected chi connectivity index (χ0v) is 14.8. The largest absolute Gasteiger partial charge is 0.477 e. The smallest absolute Gasteiger partial charge is 0.416 e. The maximum Gasteiger partial charge on any atom is 0.416 e. The van der Waals surface area contributed by atoms with E-state index in [1.165, 1.54) is 12.1 Å². The number of aromatic carboxylic acids is 1. The Bertz CT molecular complexity index is 991. The molecule has 3 rings (SSSR count). The highest BCUT2D eigenvalue weighted by Crippen LogP contribution is 2.36. The van der Waals surface area contributed by atoms with Crippen LogP contribution < -0.4 is 5.32 Å². The minimum absolute atomic E-state index is 0.0299. The maximum absolute atomic E-state index is 13.0. The standard InChI is InChI=1S/C20H19F3N2O2/c1-12(2)11-25-16-9-4-3-8-15(16)17(18(25)19(26)27)24-14-7-5-6-13(10-14)20(21,22)23/h3-10,12,24H,11H2,1-2H3,(H,26,27). The van der Waals surface area contributed by atoms with Gasteiger partial charge in [-0.3, -0.25) is 0 Å². The van der Waals surface area contributed by atoms with Crippen LogP contribution in [0.3, 0.4) is 0 Å². The topological polar surface area (TPSA) is 54.3 Å². The second-order valence-corrected chi connectivity index (χ2v) is 6.75. The van der Waals surface area contributed by atoms with Crippen LogP contribution in [0.2, 0.25) is 0 Å². The Balaban J connectivity index is 2.17. The molecule has 0 radical (unpaired) electrons. The molecule has 2 N–H and O–H groups in total.